The maximum Gasteiger partial charge on any atom is 0.133 e. The number of nitrogen functional groups attached to an aromatic ring is 1. The number of methoxy groups -OCH3 is 1. The molecule has 0 aliphatic rings. The number of hydrogen-bond acceptors (Lipinski definition) is 3. The van der Waals surface area contributed by atoms with Crippen molar-refractivity contribution in [2.75, 3.05) is 12.8 Å². The maximum absolute atomic E-state index is 5.92. The third-order valence-corrected chi connectivity index (χ3v) is 3.86. The van der Waals surface area contributed by atoms with Crippen LogP contribution in [0.15, 0.2) is 34.8 Å². The fourth-order valence-electron chi connectivity index (χ4n) is 2.02. The van der Waals surface area contributed by atoms with Crippen molar-refractivity contribution in [3.05, 3.63) is 51.5 Å². The van der Waals surface area contributed by atoms with Gasteiger partial charge in [0.1, 0.15) is 18.1 Å². The van der Waals surface area contributed by atoms with E-state index in [1.54, 1.807) is 7.11 Å². The van der Waals surface area contributed by atoms with E-state index in [2.05, 4.69) is 15.9 Å². The summed E-state index contributed by atoms with van der Waals surface area (Å²) in [5, 5.41) is 0. The molecule has 2 N–H and O–H groups in total. The number of ether oxygens (including phenoxy) is 2. The molecular formula is C16H18BrNO2. The lowest BCUT2D eigenvalue weighted by Gasteiger charge is -2.14. The molecule has 0 atom stereocenters. The number of aryl methyl sites for hydroxylation is 1. The molecule has 0 radical (unpaired) electrons. The van der Waals surface area contributed by atoms with Crippen molar-refractivity contribution in [3.63, 3.8) is 0 Å². The smallest absolute Gasteiger partial charge is 0.133 e. The summed E-state index contributed by atoms with van der Waals surface area (Å²) in [4.78, 5) is 0. The van der Waals surface area contributed by atoms with Crippen molar-refractivity contribution in [1.29, 1.82) is 0 Å². The van der Waals surface area contributed by atoms with Crippen LogP contribution in [0.4, 0.5) is 5.69 Å². The Morgan fingerprint density at radius 2 is 1.90 bits per heavy atom. The molecule has 0 heterocycles. The minimum atomic E-state index is 0.494. The molecule has 0 saturated heterocycles. The van der Waals surface area contributed by atoms with Gasteiger partial charge in [-0.15, -0.1) is 0 Å². The molecule has 0 unspecified atom stereocenters. The largest absolute Gasteiger partial charge is 0.496 e. The fourth-order valence-corrected chi connectivity index (χ4v) is 2.61. The van der Waals surface area contributed by atoms with Crippen LogP contribution in [0.1, 0.15) is 16.7 Å². The average Bonchev–Trinajstić information content (AvgIpc) is 2.43. The number of hydrogen-bond donors (Lipinski definition) is 1. The lowest BCUT2D eigenvalue weighted by molar-refractivity contribution is 0.302. The minimum Gasteiger partial charge on any atom is -0.496 e. The Morgan fingerprint density at radius 3 is 2.55 bits per heavy atom. The van der Waals surface area contributed by atoms with Crippen molar-refractivity contribution < 1.29 is 9.47 Å². The van der Waals surface area contributed by atoms with Gasteiger partial charge >= 0.3 is 0 Å². The predicted molar refractivity (Wildman–Crippen MR) is 85.4 cm³/mol. The molecule has 2 rings (SSSR count). The summed E-state index contributed by atoms with van der Waals surface area (Å²) < 4.78 is 12.1. The molecule has 2 aromatic rings. The number of anilines is 1. The van der Waals surface area contributed by atoms with Crippen molar-refractivity contribution >= 4 is 21.6 Å². The number of nitrogens with two attached hydrogens (primary N) is 1. The first-order valence-corrected chi connectivity index (χ1v) is 7.13. The van der Waals surface area contributed by atoms with Crippen molar-refractivity contribution in [2.45, 2.75) is 20.5 Å². The Balaban J connectivity index is 2.17. The first-order chi connectivity index (χ1) is 9.52. The van der Waals surface area contributed by atoms with Gasteiger partial charge in [-0.3, -0.25) is 0 Å². The van der Waals surface area contributed by atoms with Gasteiger partial charge < -0.3 is 15.2 Å². The molecule has 0 amide bonds. The Hall–Kier alpha value is -1.68. The molecule has 20 heavy (non-hydrogen) atoms. The van der Waals surface area contributed by atoms with Gasteiger partial charge in [-0.05, 0) is 59.1 Å². The predicted octanol–water partition coefficient (Wildman–Crippen LogP) is 4.24. The third-order valence-electron chi connectivity index (χ3n) is 3.24. The minimum absolute atomic E-state index is 0.494. The molecule has 0 saturated carbocycles. The highest BCUT2D eigenvalue weighted by atomic mass is 79.9. The van der Waals surface area contributed by atoms with Gasteiger partial charge in [-0.1, -0.05) is 12.1 Å². The Bertz CT molecular complexity index is 626. The molecule has 0 spiro atoms. The summed E-state index contributed by atoms with van der Waals surface area (Å²) in [6, 6.07) is 9.78. The quantitative estimate of drug-likeness (QED) is 0.850. The molecule has 0 fully saturated rings. The zero-order valence-electron chi connectivity index (χ0n) is 11.9. The van der Waals surface area contributed by atoms with Crippen molar-refractivity contribution in [2.24, 2.45) is 0 Å². The van der Waals surface area contributed by atoms with E-state index >= 15 is 0 Å². The zero-order chi connectivity index (χ0) is 14.7. The topological polar surface area (TPSA) is 44.5 Å². The van der Waals surface area contributed by atoms with E-state index in [9.17, 15) is 0 Å². The fraction of sp³-hybridized carbons (Fsp3) is 0.250. The highest BCUT2D eigenvalue weighted by Gasteiger charge is 2.08. The Kier molecular flexibility index (Phi) is 4.55. The van der Waals surface area contributed by atoms with E-state index in [1.165, 1.54) is 0 Å². The highest BCUT2D eigenvalue weighted by molar-refractivity contribution is 9.10. The number of rotatable bonds is 4. The van der Waals surface area contributed by atoms with Crippen LogP contribution in [-0.4, -0.2) is 7.11 Å². The molecule has 4 heteroatoms. The molecule has 0 bridgehead atoms. The zero-order valence-corrected chi connectivity index (χ0v) is 13.5. The van der Waals surface area contributed by atoms with Crippen molar-refractivity contribution in [1.82, 2.24) is 0 Å². The average molecular weight is 336 g/mol. The van der Waals surface area contributed by atoms with E-state index in [-0.39, 0.29) is 0 Å². The summed E-state index contributed by atoms with van der Waals surface area (Å²) in [6.45, 7) is 4.49. The van der Waals surface area contributed by atoms with Gasteiger partial charge in [0.25, 0.3) is 0 Å². The van der Waals surface area contributed by atoms with Gasteiger partial charge in [-0.2, -0.15) is 0 Å². The maximum atomic E-state index is 5.92. The Labute approximate surface area is 127 Å². The van der Waals surface area contributed by atoms with Gasteiger partial charge in [0.05, 0.1) is 11.6 Å². The second kappa shape index (κ2) is 6.18. The van der Waals surface area contributed by atoms with E-state index < -0.39 is 0 Å². The Morgan fingerprint density at radius 1 is 1.15 bits per heavy atom. The second-order valence-corrected chi connectivity index (χ2v) is 5.54. The van der Waals surface area contributed by atoms with Crippen molar-refractivity contribution in [3.8, 4) is 11.5 Å². The van der Waals surface area contributed by atoms with Crippen LogP contribution < -0.4 is 15.2 Å². The second-order valence-electron chi connectivity index (χ2n) is 4.68. The SMILES string of the molecule is COc1ccc(COc2c(C)ccc(N)c2C)cc1Br. The normalized spacial score (nSPS) is 10.4. The lowest BCUT2D eigenvalue weighted by atomic mass is 10.1. The molecule has 0 aromatic heterocycles. The number of halogens is 1. The molecule has 2 aromatic carbocycles. The van der Waals surface area contributed by atoms with Crippen LogP contribution in [0.5, 0.6) is 11.5 Å². The van der Waals surface area contributed by atoms with Crippen LogP contribution in [0, 0.1) is 13.8 Å². The number of benzene rings is 2. The van der Waals surface area contributed by atoms with Crippen LogP contribution in [-0.2, 0) is 6.61 Å². The van der Waals surface area contributed by atoms with E-state index in [0.29, 0.717) is 6.61 Å². The van der Waals surface area contributed by atoms with Crippen LogP contribution in [0.3, 0.4) is 0 Å². The lowest BCUT2D eigenvalue weighted by Crippen LogP contribution is -2.01. The van der Waals surface area contributed by atoms with E-state index in [1.807, 2.05) is 44.2 Å². The van der Waals surface area contributed by atoms with Crippen LogP contribution in [0.25, 0.3) is 0 Å². The van der Waals surface area contributed by atoms with Gasteiger partial charge in [0, 0.05) is 11.3 Å². The van der Waals surface area contributed by atoms with Crippen LogP contribution >= 0.6 is 15.9 Å². The monoisotopic (exact) mass is 335 g/mol. The summed E-state index contributed by atoms with van der Waals surface area (Å²) in [5.74, 6) is 1.67. The summed E-state index contributed by atoms with van der Waals surface area (Å²) in [5.41, 5.74) is 9.81. The standard InChI is InChI=1S/C16H18BrNO2/c1-10-4-6-14(18)11(2)16(10)20-9-12-5-7-15(19-3)13(17)8-12/h4-8H,9,18H2,1-3H3. The molecule has 0 aliphatic heterocycles. The summed E-state index contributed by atoms with van der Waals surface area (Å²) >= 11 is 3.47. The third kappa shape index (κ3) is 3.07. The molecule has 106 valence electrons. The molecule has 3 nitrogen and oxygen atoms in total. The van der Waals surface area contributed by atoms with E-state index in [4.69, 9.17) is 15.2 Å². The van der Waals surface area contributed by atoms with Crippen LogP contribution in [0.2, 0.25) is 0 Å². The first kappa shape index (κ1) is 14.7. The summed E-state index contributed by atoms with van der Waals surface area (Å²) in [6.07, 6.45) is 0. The van der Waals surface area contributed by atoms with E-state index in [0.717, 1.165) is 38.3 Å². The van der Waals surface area contributed by atoms with Gasteiger partial charge in [-0.25, -0.2) is 0 Å². The molecule has 0 aliphatic carbocycles. The van der Waals surface area contributed by atoms with Gasteiger partial charge in [0.2, 0.25) is 0 Å². The highest BCUT2D eigenvalue weighted by Crippen LogP contribution is 2.30. The summed E-state index contributed by atoms with van der Waals surface area (Å²) in [7, 11) is 1.65. The molecular weight excluding hydrogens is 318 g/mol. The first-order valence-electron chi connectivity index (χ1n) is 6.34. The van der Waals surface area contributed by atoms with Gasteiger partial charge in [0.15, 0.2) is 0 Å².